The molecule has 1 N–H and O–H groups in total. The van der Waals surface area contributed by atoms with Gasteiger partial charge in [0, 0.05) is 11.2 Å². The van der Waals surface area contributed by atoms with Gasteiger partial charge in [0.2, 0.25) is 0 Å². The first kappa shape index (κ1) is 23.5. The van der Waals surface area contributed by atoms with Crippen molar-refractivity contribution in [2.24, 2.45) is 0 Å². The number of nitrogens with one attached hydrogen (secondary N) is 1. The summed E-state index contributed by atoms with van der Waals surface area (Å²) in [6, 6.07) is 0. The second-order valence-corrected chi connectivity index (χ2v) is 7.99. The molecule has 1 heteroatoms. The van der Waals surface area contributed by atoms with Gasteiger partial charge >= 0.3 is 0 Å². The van der Waals surface area contributed by atoms with Crippen LogP contribution in [0, 0.1) is 0 Å². The molecular formula is C23H47N. The summed E-state index contributed by atoms with van der Waals surface area (Å²) in [5.41, 5.74) is 1.48. The first-order chi connectivity index (χ1) is 11.6. The SMILES string of the molecule is C=C(CCCCCCCCCCCCCCC)NC(C)(CC)CC. The lowest BCUT2D eigenvalue weighted by Crippen LogP contribution is -2.40. The number of unbranched alkanes of at least 4 members (excludes halogenated alkanes) is 12. The normalized spacial score (nSPS) is 11.7. The second kappa shape index (κ2) is 16.0. The Hall–Kier alpha value is -0.460. The molecule has 0 fully saturated rings. The van der Waals surface area contributed by atoms with Crippen LogP contribution < -0.4 is 5.32 Å². The molecule has 24 heavy (non-hydrogen) atoms. The van der Waals surface area contributed by atoms with Crippen LogP contribution in [0.15, 0.2) is 12.3 Å². The van der Waals surface area contributed by atoms with Crippen LogP contribution in [0.2, 0.25) is 0 Å². The molecule has 0 bridgehead atoms. The summed E-state index contributed by atoms with van der Waals surface area (Å²) in [4.78, 5) is 0. The zero-order valence-corrected chi connectivity index (χ0v) is 17.5. The van der Waals surface area contributed by atoms with Gasteiger partial charge in [-0.3, -0.25) is 0 Å². The smallest absolute Gasteiger partial charge is 0.0337 e. The highest BCUT2D eigenvalue weighted by atomic mass is 15.0. The lowest BCUT2D eigenvalue weighted by atomic mass is 9.94. The van der Waals surface area contributed by atoms with Gasteiger partial charge in [0.05, 0.1) is 0 Å². The highest BCUT2D eigenvalue weighted by Gasteiger charge is 2.18. The molecule has 0 aromatic heterocycles. The monoisotopic (exact) mass is 337 g/mol. The molecule has 0 aliphatic carbocycles. The van der Waals surface area contributed by atoms with Crippen molar-refractivity contribution in [2.45, 2.75) is 136 Å². The van der Waals surface area contributed by atoms with Crippen molar-refractivity contribution >= 4 is 0 Å². The van der Waals surface area contributed by atoms with Crippen molar-refractivity contribution in [1.29, 1.82) is 0 Å². The molecule has 0 aliphatic heterocycles. The zero-order valence-electron chi connectivity index (χ0n) is 17.5. The van der Waals surface area contributed by atoms with Crippen molar-refractivity contribution in [3.05, 3.63) is 12.3 Å². The van der Waals surface area contributed by atoms with Crippen molar-refractivity contribution in [3.63, 3.8) is 0 Å². The summed E-state index contributed by atoms with van der Waals surface area (Å²) < 4.78 is 0. The van der Waals surface area contributed by atoms with Gasteiger partial charge in [-0.25, -0.2) is 0 Å². The number of hydrogen-bond acceptors (Lipinski definition) is 1. The molecule has 0 atom stereocenters. The van der Waals surface area contributed by atoms with Gasteiger partial charge < -0.3 is 5.32 Å². The standard InChI is InChI=1S/C23H47N/c1-6-9-10-11-12-13-14-15-16-17-18-19-20-21-22(4)24-23(5,7-2)8-3/h24H,4,6-21H2,1-3,5H3. The quantitative estimate of drug-likeness (QED) is 0.249. The van der Waals surface area contributed by atoms with E-state index in [9.17, 15) is 0 Å². The summed E-state index contributed by atoms with van der Waals surface area (Å²) in [5, 5.41) is 3.64. The van der Waals surface area contributed by atoms with Crippen molar-refractivity contribution in [1.82, 2.24) is 5.32 Å². The van der Waals surface area contributed by atoms with E-state index in [2.05, 4.69) is 39.6 Å². The zero-order chi connectivity index (χ0) is 18.1. The van der Waals surface area contributed by atoms with E-state index in [1.54, 1.807) is 0 Å². The van der Waals surface area contributed by atoms with Crippen molar-refractivity contribution < 1.29 is 0 Å². The summed E-state index contributed by atoms with van der Waals surface area (Å²) in [6.45, 7) is 13.3. The predicted octanol–water partition coefficient (Wildman–Crippen LogP) is 8.15. The number of allylic oxidation sites excluding steroid dienone is 1. The van der Waals surface area contributed by atoms with E-state index in [0.29, 0.717) is 0 Å². The molecule has 0 saturated carbocycles. The fourth-order valence-electron chi connectivity index (χ4n) is 3.27. The number of hydrogen-bond donors (Lipinski definition) is 1. The van der Waals surface area contributed by atoms with E-state index in [1.807, 2.05) is 0 Å². The topological polar surface area (TPSA) is 12.0 Å². The molecule has 0 heterocycles. The van der Waals surface area contributed by atoms with Gasteiger partial charge in [-0.15, -0.1) is 0 Å². The van der Waals surface area contributed by atoms with Gasteiger partial charge in [-0.1, -0.05) is 104 Å². The Kier molecular flexibility index (Phi) is 15.7. The summed E-state index contributed by atoms with van der Waals surface area (Å²) in [5.74, 6) is 0. The van der Waals surface area contributed by atoms with Gasteiger partial charge in [-0.05, 0) is 32.6 Å². The van der Waals surface area contributed by atoms with E-state index in [1.165, 1.54) is 102 Å². The van der Waals surface area contributed by atoms with Crippen LogP contribution in [0.3, 0.4) is 0 Å². The van der Waals surface area contributed by atoms with Crippen LogP contribution in [0.4, 0.5) is 0 Å². The molecule has 0 aromatic rings. The lowest BCUT2D eigenvalue weighted by molar-refractivity contribution is 0.357. The maximum Gasteiger partial charge on any atom is 0.0337 e. The molecule has 0 aliphatic rings. The first-order valence-corrected chi connectivity index (χ1v) is 11.0. The molecule has 0 radical (unpaired) electrons. The molecule has 144 valence electrons. The second-order valence-electron chi connectivity index (χ2n) is 7.99. The van der Waals surface area contributed by atoms with Crippen LogP contribution in [-0.2, 0) is 0 Å². The van der Waals surface area contributed by atoms with Crippen LogP contribution in [-0.4, -0.2) is 5.54 Å². The summed E-state index contributed by atoms with van der Waals surface area (Å²) in [6.07, 6.45) is 22.0. The number of rotatable bonds is 18. The third kappa shape index (κ3) is 13.9. The van der Waals surface area contributed by atoms with E-state index >= 15 is 0 Å². The minimum absolute atomic E-state index is 0.244. The van der Waals surface area contributed by atoms with Crippen molar-refractivity contribution in [2.75, 3.05) is 0 Å². The highest BCUT2D eigenvalue weighted by molar-refractivity contribution is 4.98. The lowest BCUT2D eigenvalue weighted by Gasteiger charge is -2.30. The largest absolute Gasteiger partial charge is 0.384 e. The van der Waals surface area contributed by atoms with Gasteiger partial charge in [-0.2, -0.15) is 0 Å². The van der Waals surface area contributed by atoms with Crippen LogP contribution in [0.25, 0.3) is 0 Å². The molecule has 0 rings (SSSR count). The first-order valence-electron chi connectivity index (χ1n) is 11.0. The Morgan fingerprint density at radius 2 is 1.04 bits per heavy atom. The molecule has 0 spiro atoms. The van der Waals surface area contributed by atoms with Crippen LogP contribution in [0.5, 0.6) is 0 Å². The average molecular weight is 338 g/mol. The average Bonchev–Trinajstić information content (AvgIpc) is 2.58. The highest BCUT2D eigenvalue weighted by Crippen LogP contribution is 2.18. The summed E-state index contributed by atoms with van der Waals surface area (Å²) in [7, 11) is 0. The van der Waals surface area contributed by atoms with E-state index in [-0.39, 0.29) is 5.54 Å². The molecule has 0 amide bonds. The Labute approximate surface area is 154 Å². The fraction of sp³-hybridized carbons (Fsp3) is 0.913. The minimum Gasteiger partial charge on any atom is -0.384 e. The van der Waals surface area contributed by atoms with Crippen molar-refractivity contribution in [3.8, 4) is 0 Å². The van der Waals surface area contributed by atoms with Gasteiger partial charge in [0.15, 0.2) is 0 Å². The van der Waals surface area contributed by atoms with Gasteiger partial charge in [0.1, 0.15) is 0 Å². The third-order valence-corrected chi connectivity index (χ3v) is 5.62. The third-order valence-electron chi connectivity index (χ3n) is 5.62. The minimum atomic E-state index is 0.244. The Morgan fingerprint density at radius 3 is 1.42 bits per heavy atom. The molecule has 0 aromatic carbocycles. The molecule has 0 unspecified atom stereocenters. The van der Waals surface area contributed by atoms with Gasteiger partial charge in [0.25, 0.3) is 0 Å². The molecule has 0 saturated heterocycles. The van der Waals surface area contributed by atoms with Crippen LogP contribution >= 0.6 is 0 Å². The summed E-state index contributed by atoms with van der Waals surface area (Å²) >= 11 is 0. The van der Waals surface area contributed by atoms with E-state index in [0.717, 1.165) is 6.42 Å². The predicted molar refractivity (Wildman–Crippen MR) is 112 cm³/mol. The maximum absolute atomic E-state index is 4.22. The fourth-order valence-corrected chi connectivity index (χ4v) is 3.27. The van der Waals surface area contributed by atoms with E-state index < -0.39 is 0 Å². The Morgan fingerprint density at radius 1 is 0.667 bits per heavy atom. The Bertz CT molecular complexity index is 278. The molecular weight excluding hydrogens is 290 g/mol. The van der Waals surface area contributed by atoms with Crippen LogP contribution in [0.1, 0.15) is 130 Å². The Balaban J connectivity index is 3.32. The maximum atomic E-state index is 4.22. The molecule has 1 nitrogen and oxygen atoms in total. The van der Waals surface area contributed by atoms with E-state index in [4.69, 9.17) is 0 Å².